The fraction of sp³-hybridized carbons (Fsp3) is 0.611. The summed E-state index contributed by atoms with van der Waals surface area (Å²) in [4.78, 5) is 13.7. The van der Waals surface area contributed by atoms with Crippen LogP contribution in [0.4, 0.5) is 4.79 Å². The van der Waals surface area contributed by atoms with Gasteiger partial charge in [0.15, 0.2) is 0 Å². The van der Waals surface area contributed by atoms with Gasteiger partial charge in [0.1, 0.15) is 6.61 Å². The molecule has 1 fully saturated rings. The zero-order valence-corrected chi connectivity index (χ0v) is 13.4. The van der Waals surface area contributed by atoms with Crippen molar-refractivity contribution in [1.29, 1.82) is 0 Å². The standard InChI is InChI=1S/C18H27NO3/c1-19(13-16-9-7-15(8-10-16)11-12-20)18(21)22-14-17-5-3-2-4-6-17/h2-6,15-16,20H,7-14H2,1H3. The predicted octanol–water partition coefficient (Wildman–Crippen LogP) is 3.44. The lowest BCUT2D eigenvalue weighted by atomic mass is 9.80. The maximum Gasteiger partial charge on any atom is 0.409 e. The lowest BCUT2D eigenvalue weighted by Crippen LogP contribution is -2.33. The second kappa shape index (κ2) is 8.79. The summed E-state index contributed by atoms with van der Waals surface area (Å²) in [6.07, 6.45) is 5.28. The van der Waals surface area contributed by atoms with Crippen molar-refractivity contribution in [2.45, 2.75) is 38.7 Å². The topological polar surface area (TPSA) is 49.8 Å². The summed E-state index contributed by atoms with van der Waals surface area (Å²) in [5, 5.41) is 8.99. The Bertz CT molecular complexity index is 441. The van der Waals surface area contributed by atoms with Crippen LogP contribution in [-0.4, -0.2) is 36.3 Å². The van der Waals surface area contributed by atoms with E-state index in [2.05, 4.69) is 0 Å². The van der Waals surface area contributed by atoms with Gasteiger partial charge >= 0.3 is 6.09 Å². The lowest BCUT2D eigenvalue weighted by Gasteiger charge is -2.30. The first-order valence-corrected chi connectivity index (χ1v) is 8.21. The summed E-state index contributed by atoms with van der Waals surface area (Å²) in [5.41, 5.74) is 1.01. The van der Waals surface area contributed by atoms with Gasteiger partial charge in [-0.15, -0.1) is 0 Å². The highest BCUT2D eigenvalue weighted by Crippen LogP contribution is 2.31. The summed E-state index contributed by atoms with van der Waals surface area (Å²) < 4.78 is 5.35. The Kier molecular flexibility index (Phi) is 6.72. The molecule has 0 saturated heterocycles. The second-order valence-corrected chi connectivity index (χ2v) is 6.32. The molecule has 0 bridgehead atoms. The van der Waals surface area contributed by atoms with E-state index in [1.54, 1.807) is 4.90 Å². The minimum absolute atomic E-state index is 0.249. The first kappa shape index (κ1) is 16.8. The van der Waals surface area contributed by atoms with Crippen LogP contribution >= 0.6 is 0 Å². The number of ether oxygens (including phenoxy) is 1. The predicted molar refractivity (Wildman–Crippen MR) is 86.4 cm³/mol. The summed E-state index contributed by atoms with van der Waals surface area (Å²) in [6.45, 7) is 1.38. The minimum atomic E-state index is -0.249. The monoisotopic (exact) mass is 305 g/mol. The van der Waals surface area contributed by atoms with E-state index in [9.17, 15) is 4.79 Å². The van der Waals surface area contributed by atoms with Gasteiger partial charge in [0.05, 0.1) is 0 Å². The molecule has 22 heavy (non-hydrogen) atoms. The van der Waals surface area contributed by atoms with E-state index in [1.807, 2.05) is 37.4 Å². The Morgan fingerprint density at radius 1 is 1.18 bits per heavy atom. The molecule has 0 radical (unpaired) electrons. The number of aliphatic hydroxyl groups is 1. The fourth-order valence-electron chi connectivity index (χ4n) is 3.18. The molecule has 0 spiro atoms. The van der Waals surface area contributed by atoms with Crippen LogP contribution in [0.25, 0.3) is 0 Å². The Balaban J connectivity index is 1.68. The molecule has 4 nitrogen and oxygen atoms in total. The summed E-state index contributed by atoms with van der Waals surface area (Å²) in [7, 11) is 1.81. The Hall–Kier alpha value is -1.55. The first-order valence-electron chi connectivity index (χ1n) is 8.21. The van der Waals surface area contributed by atoms with Gasteiger partial charge in [0.25, 0.3) is 0 Å². The SMILES string of the molecule is CN(CC1CCC(CCO)CC1)C(=O)OCc1ccccc1. The summed E-state index contributed by atoms with van der Waals surface area (Å²) in [5.74, 6) is 1.22. The molecule has 0 aromatic heterocycles. The molecular formula is C18H27NO3. The third kappa shape index (κ3) is 5.34. The average Bonchev–Trinajstić information content (AvgIpc) is 2.55. The van der Waals surface area contributed by atoms with Gasteiger partial charge in [0, 0.05) is 20.2 Å². The van der Waals surface area contributed by atoms with E-state index < -0.39 is 0 Å². The van der Waals surface area contributed by atoms with Crippen molar-refractivity contribution in [2.24, 2.45) is 11.8 Å². The van der Waals surface area contributed by atoms with Gasteiger partial charge in [-0.05, 0) is 36.7 Å². The van der Waals surface area contributed by atoms with Gasteiger partial charge in [-0.2, -0.15) is 0 Å². The third-order valence-corrected chi connectivity index (χ3v) is 4.55. The number of hydrogen-bond donors (Lipinski definition) is 1. The molecule has 1 aliphatic rings. The molecule has 1 aliphatic carbocycles. The number of hydrogen-bond acceptors (Lipinski definition) is 3. The number of nitrogens with zero attached hydrogens (tertiary/aromatic N) is 1. The van der Waals surface area contributed by atoms with Crippen molar-refractivity contribution in [3.05, 3.63) is 35.9 Å². The number of carbonyl (C=O) groups is 1. The Morgan fingerprint density at radius 2 is 1.82 bits per heavy atom. The first-order chi connectivity index (χ1) is 10.7. The highest BCUT2D eigenvalue weighted by Gasteiger charge is 2.23. The minimum Gasteiger partial charge on any atom is -0.445 e. The number of benzene rings is 1. The molecule has 1 amide bonds. The van der Waals surface area contributed by atoms with E-state index in [-0.39, 0.29) is 6.09 Å². The normalized spacial score (nSPS) is 21.4. The van der Waals surface area contributed by atoms with Gasteiger partial charge in [-0.1, -0.05) is 43.2 Å². The molecular weight excluding hydrogens is 278 g/mol. The number of rotatable bonds is 6. The fourth-order valence-corrected chi connectivity index (χ4v) is 3.18. The molecule has 1 aromatic rings. The quantitative estimate of drug-likeness (QED) is 0.876. The summed E-state index contributed by atoms with van der Waals surface area (Å²) >= 11 is 0. The van der Waals surface area contributed by atoms with Crippen LogP contribution < -0.4 is 0 Å². The van der Waals surface area contributed by atoms with Gasteiger partial charge in [0.2, 0.25) is 0 Å². The summed E-state index contributed by atoms with van der Waals surface area (Å²) in [6, 6.07) is 9.74. The van der Waals surface area contributed by atoms with Crippen LogP contribution in [0.5, 0.6) is 0 Å². The average molecular weight is 305 g/mol. The molecule has 4 heteroatoms. The zero-order valence-electron chi connectivity index (χ0n) is 13.4. The van der Waals surface area contributed by atoms with E-state index >= 15 is 0 Å². The second-order valence-electron chi connectivity index (χ2n) is 6.32. The number of aliphatic hydroxyl groups excluding tert-OH is 1. The molecule has 1 saturated carbocycles. The Morgan fingerprint density at radius 3 is 2.45 bits per heavy atom. The highest BCUT2D eigenvalue weighted by atomic mass is 16.6. The van der Waals surface area contributed by atoms with E-state index in [4.69, 9.17) is 9.84 Å². The zero-order chi connectivity index (χ0) is 15.8. The molecule has 0 heterocycles. The maximum atomic E-state index is 12.0. The van der Waals surface area contributed by atoms with E-state index in [1.165, 1.54) is 0 Å². The molecule has 0 atom stereocenters. The van der Waals surface area contributed by atoms with Crippen molar-refractivity contribution in [2.75, 3.05) is 20.2 Å². The van der Waals surface area contributed by atoms with Crippen molar-refractivity contribution in [3.63, 3.8) is 0 Å². The van der Waals surface area contributed by atoms with Gasteiger partial charge < -0.3 is 14.7 Å². The molecule has 0 unspecified atom stereocenters. The van der Waals surface area contributed by atoms with Crippen LogP contribution in [0.2, 0.25) is 0 Å². The molecule has 1 N–H and O–H groups in total. The van der Waals surface area contributed by atoms with Crippen LogP contribution in [0, 0.1) is 11.8 Å². The third-order valence-electron chi connectivity index (χ3n) is 4.55. The Labute approximate surface area is 133 Å². The highest BCUT2D eigenvalue weighted by molar-refractivity contribution is 5.67. The van der Waals surface area contributed by atoms with Gasteiger partial charge in [-0.25, -0.2) is 4.79 Å². The van der Waals surface area contributed by atoms with Crippen LogP contribution in [0.3, 0.4) is 0 Å². The molecule has 1 aromatic carbocycles. The van der Waals surface area contributed by atoms with Crippen molar-refractivity contribution < 1.29 is 14.6 Å². The largest absolute Gasteiger partial charge is 0.445 e. The van der Waals surface area contributed by atoms with Crippen molar-refractivity contribution in [1.82, 2.24) is 4.90 Å². The smallest absolute Gasteiger partial charge is 0.409 e. The van der Waals surface area contributed by atoms with Crippen LogP contribution in [0.1, 0.15) is 37.7 Å². The maximum absolute atomic E-state index is 12.0. The van der Waals surface area contributed by atoms with E-state index in [0.717, 1.165) is 44.2 Å². The van der Waals surface area contributed by atoms with Crippen molar-refractivity contribution >= 4 is 6.09 Å². The molecule has 0 aliphatic heterocycles. The molecule has 2 rings (SSSR count). The van der Waals surface area contributed by atoms with Crippen LogP contribution in [0.15, 0.2) is 30.3 Å². The lowest BCUT2D eigenvalue weighted by molar-refractivity contribution is 0.0939. The van der Waals surface area contributed by atoms with E-state index in [0.29, 0.717) is 25.0 Å². The van der Waals surface area contributed by atoms with Crippen LogP contribution in [-0.2, 0) is 11.3 Å². The number of amides is 1. The number of carbonyl (C=O) groups excluding carboxylic acids is 1. The van der Waals surface area contributed by atoms with Gasteiger partial charge in [-0.3, -0.25) is 0 Å². The molecule has 122 valence electrons. The van der Waals surface area contributed by atoms with Crippen molar-refractivity contribution in [3.8, 4) is 0 Å².